The highest BCUT2D eigenvalue weighted by Gasteiger charge is 2.37. The first-order chi connectivity index (χ1) is 18.3. The predicted octanol–water partition coefficient (Wildman–Crippen LogP) is 7.00. The number of ketones is 1. The molecule has 3 aromatic carbocycles. The molecular formula is C32H37N3O3. The van der Waals surface area contributed by atoms with Crippen molar-refractivity contribution in [2.75, 3.05) is 22.6 Å². The van der Waals surface area contributed by atoms with Gasteiger partial charge in [0, 0.05) is 47.1 Å². The zero-order chi connectivity index (χ0) is 27.0. The van der Waals surface area contributed by atoms with Crippen molar-refractivity contribution in [3.8, 4) is 11.5 Å². The Morgan fingerprint density at radius 3 is 2.26 bits per heavy atom. The van der Waals surface area contributed by atoms with Crippen LogP contribution in [0.2, 0.25) is 0 Å². The second-order valence-corrected chi connectivity index (χ2v) is 10.8. The molecule has 6 nitrogen and oxygen atoms in total. The normalized spacial score (nSPS) is 18.9. The van der Waals surface area contributed by atoms with E-state index < -0.39 is 0 Å². The Labute approximate surface area is 225 Å². The molecular weight excluding hydrogens is 474 g/mol. The SMILES string of the molecule is COc1cc(N(C(C)C)C(C)C)ccc1C1Nc2ccccc2NC2=C1C(=O)CC(c1ccc(O)cc1)C2. The van der Waals surface area contributed by atoms with Gasteiger partial charge in [-0.05, 0) is 75.9 Å². The molecule has 0 aromatic heterocycles. The van der Waals surface area contributed by atoms with Crippen LogP contribution in [-0.4, -0.2) is 30.1 Å². The number of benzene rings is 3. The van der Waals surface area contributed by atoms with Crippen LogP contribution in [0.3, 0.4) is 0 Å². The number of para-hydroxylation sites is 2. The summed E-state index contributed by atoms with van der Waals surface area (Å²) < 4.78 is 5.95. The number of methoxy groups -OCH3 is 1. The highest BCUT2D eigenvalue weighted by molar-refractivity contribution is 6.01. The van der Waals surface area contributed by atoms with Crippen LogP contribution in [-0.2, 0) is 4.79 Å². The maximum atomic E-state index is 13.9. The van der Waals surface area contributed by atoms with E-state index in [0.717, 1.165) is 45.2 Å². The van der Waals surface area contributed by atoms with Gasteiger partial charge in [-0.15, -0.1) is 0 Å². The third-order valence-corrected chi connectivity index (χ3v) is 7.61. The average Bonchev–Trinajstić information content (AvgIpc) is 3.05. The first kappa shape index (κ1) is 25.7. The molecule has 0 radical (unpaired) electrons. The van der Waals surface area contributed by atoms with Gasteiger partial charge in [0.25, 0.3) is 0 Å². The Morgan fingerprint density at radius 2 is 1.61 bits per heavy atom. The first-order valence-electron chi connectivity index (χ1n) is 13.4. The van der Waals surface area contributed by atoms with Gasteiger partial charge >= 0.3 is 0 Å². The molecule has 38 heavy (non-hydrogen) atoms. The lowest BCUT2D eigenvalue weighted by Crippen LogP contribution is -2.37. The molecule has 6 heteroatoms. The van der Waals surface area contributed by atoms with Gasteiger partial charge in [-0.3, -0.25) is 4.79 Å². The minimum Gasteiger partial charge on any atom is -0.508 e. The molecule has 2 unspecified atom stereocenters. The van der Waals surface area contributed by atoms with Crippen molar-refractivity contribution in [1.29, 1.82) is 0 Å². The second kappa shape index (κ2) is 10.4. The Morgan fingerprint density at radius 1 is 0.921 bits per heavy atom. The van der Waals surface area contributed by atoms with Gasteiger partial charge in [0.2, 0.25) is 0 Å². The zero-order valence-corrected chi connectivity index (χ0v) is 22.8. The summed E-state index contributed by atoms with van der Waals surface area (Å²) in [6, 6.07) is 21.9. The van der Waals surface area contributed by atoms with Crippen molar-refractivity contribution < 1.29 is 14.6 Å². The third kappa shape index (κ3) is 4.83. The van der Waals surface area contributed by atoms with Crippen LogP contribution in [0.1, 0.15) is 63.6 Å². The Kier molecular flexibility index (Phi) is 7.06. The monoisotopic (exact) mass is 511 g/mol. The number of nitrogens with zero attached hydrogens (tertiary/aromatic N) is 1. The summed E-state index contributed by atoms with van der Waals surface area (Å²) in [7, 11) is 1.69. The van der Waals surface area contributed by atoms with Crippen LogP contribution in [0.25, 0.3) is 0 Å². The van der Waals surface area contributed by atoms with Crippen LogP contribution in [0.5, 0.6) is 11.5 Å². The minimum absolute atomic E-state index is 0.0372. The van der Waals surface area contributed by atoms with Gasteiger partial charge in [0.05, 0.1) is 24.5 Å². The van der Waals surface area contributed by atoms with Crippen molar-refractivity contribution >= 4 is 22.8 Å². The molecule has 5 rings (SSSR count). The molecule has 1 aliphatic heterocycles. The number of Topliss-reactive ketones (excluding diaryl/α,β-unsaturated/α-hetero) is 1. The number of nitrogens with one attached hydrogen (secondary N) is 2. The Bertz CT molecular complexity index is 1350. The minimum atomic E-state index is -0.357. The van der Waals surface area contributed by atoms with Crippen molar-refractivity contribution in [2.45, 2.75) is 64.6 Å². The molecule has 1 aliphatic carbocycles. The number of phenols is 1. The average molecular weight is 512 g/mol. The number of allylic oxidation sites excluding steroid dienone is 1. The summed E-state index contributed by atoms with van der Waals surface area (Å²) in [5.41, 5.74) is 6.66. The van der Waals surface area contributed by atoms with E-state index in [4.69, 9.17) is 4.74 Å². The number of fused-ring (bicyclic) bond motifs is 1. The van der Waals surface area contributed by atoms with Gasteiger partial charge in [0.1, 0.15) is 11.5 Å². The lowest BCUT2D eigenvalue weighted by molar-refractivity contribution is -0.116. The standard InChI is InChI=1S/C32H37N3O3/c1-19(2)35(20(3)4)23-12-15-25(30(18-23)38-5)32-31-28(33-26-8-6-7-9-27(26)34-32)16-22(17-29(31)37)21-10-13-24(36)14-11-21/h6-15,18-20,22,32-34,36H,16-17H2,1-5H3. The van der Waals surface area contributed by atoms with E-state index in [-0.39, 0.29) is 23.5 Å². The number of hydrogen-bond acceptors (Lipinski definition) is 6. The zero-order valence-electron chi connectivity index (χ0n) is 22.8. The number of hydrogen-bond donors (Lipinski definition) is 3. The Hall–Kier alpha value is -3.93. The van der Waals surface area contributed by atoms with E-state index in [1.54, 1.807) is 19.2 Å². The molecule has 2 atom stereocenters. The summed E-state index contributed by atoms with van der Waals surface area (Å²) in [5, 5.41) is 17.0. The highest BCUT2D eigenvalue weighted by Crippen LogP contribution is 2.46. The summed E-state index contributed by atoms with van der Waals surface area (Å²) in [4.78, 5) is 16.2. The van der Waals surface area contributed by atoms with Crippen molar-refractivity contribution in [2.24, 2.45) is 0 Å². The maximum Gasteiger partial charge on any atom is 0.163 e. The van der Waals surface area contributed by atoms with Crippen molar-refractivity contribution in [1.82, 2.24) is 0 Å². The summed E-state index contributed by atoms with van der Waals surface area (Å²) in [6.07, 6.45) is 1.11. The number of ether oxygens (including phenoxy) is 1. The number of carbonyl (C=O) groups is 1. The molecule has 3 aromatic rings. The largest absolute Gasteiger partial charge is 0.508 e. The van der Waals surface area contributed by atoms with Crippen LogP contribution in [0.4, 0.5) is 17.1 Å². The van der Waals surface area contributed by atoms with Gasteiger partial charge in [-0.1, -0.05) is 30.3 Å². The molecule has 0 saturated heterocycles. The van der Waals surface area contributed by atoms with Gasteiger partial charge in [0.15, 0.2) is 5.78 Å². The van der Waals surface area contributed by atoms with Crippen LogP contribution in [0.15, 0.2) is 78.0 Å². The van der Waals surface area contributed by atoms with Gasteiger partial charge in [-0.25, -0.2) is 0 Å². The van der Waals surface area contributed by atoms with E-state index in [1.165, 1.54) is 0 Å². The number of carbonyl (C=O) groups excluding carboxylic acids is 1. The molecule has 2 aliphatic rings. The molecule has 0 saturated carbocycles. The van der Waals surface area contributed by atoms with Crippen molar-refractivity contribution in [3.63, 3.8) is 0 Å². The molecule has 3 N–H and O–H groups in total. The van der Waals surface area contributed by atoms with Gasteiger partial charge < -0.3 is 25.4 Å². The van der Waals surface area contributed by atoms with Gasteiger partial charge in [-0.2, -0.15) is 0 Å². The quantitative estimate of drug-likeness (QED) is 0.331. The Balaban J connectivity index is 1.61. The summed E-state index contributed by atoms with van der Waals surface area (Å²) in [6.45, 7) is 8.77. The maximum absolute atomic E-state index is 13.9. The fourth-order valence-corrected chi connectivity index (χ4v) is 6.00. The first-order valence-corrected chi connectivity index (χ1v) is 13.4. The second-order valence-electron chi connectivity index (χ2n) is 10.8. The molecule has 0 spiro atoms. The van der Waals surface area contributed by atoms with Crippen LogP contribution >= 0.6 is 0 Å². The summed E-state index contributed by atoms with van der Waals surface area (Å²) in [5.74, 6) is 1.13. The highest BCUT2D eigenvalue weighted by atomic mass is 16.5. The smallest absolute Gasteiger partial charge is 0.163 e. The van der Waals surface area contributed by atoms with E-state index in [9.17, 15) is 9.90 Å². The third-order valence-electron chi connectivity index (χ3n) is 7.61. The molecule has 0 amide bonds. The lowest BCUT2D eigenvalue weighted by Gasteiger charge is -2.34. The van der Waals surface area contributed by atoms with E-state index >= 15 is 0 Å². The fraction of sp³-hybridized carbons (Fsp3) is 0.344. The van der Waals surface area contributed by atoms with Crippen molar-refractivity contribution in [3.05, 3.63) is 89.1 Å². The molecule has 198 valence electrons. The molecule has 1 heterocycles. The fourth-order valence-electron chi connectivity index (χ4n) is 6.00. The van der Waals surface area contributed by atoms with Crippen LogP contribution < -0.4 is 20.3 Å². The molecule has 0 bridgehead atoms. The number of phenolic OH excluding ortho intramolecular Hbond substituents is 1. The topological polar surface area (TPSA) is 73.8 Å². The van der Waals surface area contributed by atoms with Crippen LogP contribution in [0, 0.1) is 0 Å². The lowest BCUT2D eigenvalue weighted by atomic mass is 9.78. The summed E-state index contributed by atoms with van der Waals surface area (Å²) >= 11 is 0. The number of rotatable bonds is 6. The number of anilines is 3. The number of aromatic hydroxyl groups is 1. The van der Waals surface area contributed by atoms with E-state index in [1.807, 2.05) is 36.4 Å². The van der Waals surface area contributed by atoms with E-state index in [0.29, 0.717) is 24.9 Å². The predicted molar refractivity (Wildman–Crippen MR) is 154 cm³/mol. The van der Waals surface area contributed by atoms with E-state index in [2.05, 4.69) is 61.4 Å². The molecule has 0 fully saturated rings.